The molecule has 0 spiro atoms. The molecular formula is C14H10F3NO2. The maximum atomic E-state index is 12.8. The average molecular weight is 281 g/mol. The Morgan fingerprint density at radius 3 is 2.25 bits per heavy atom. The van der Waals surface area contributed by atoms with E-state index in [1.54, 1.807) is 18.2 Å². The number of hydrogen-bond donors (Lipinski definition) is 1. The van der Waals surface area contributed by atoms with Crippen LogP contribution in [-0.4, -0.2) is 5.97 Å². The molecule has 0 saturated carbocycles. The molecule has 0 radical (unpaired) electrons. The van der Waals surface area contributed by atoms with Gasteiger partial charge < -0.3 is 10.5 Å². The molecule has 20 heavy (non-hydrogen) atoms. The lowest BCUT2D eigenvalue weighted by Crippen LogP contribution is -2.15. The van der Waals surface area contributed by atoms with Gasteiger partial charge in [-0.3, -0.25) is 0 Å². The van der Waals surface area contributed by atoms with Crippen molar-refractivity contribution in [3.8, 4) is 5.75 Å². The number of nitrogens with two attached hydrogens (primary N) is 1. The Labute approximate surface area is 112 Å². The van der Waals surface area contributed by atoms with Gasteiger partial charge in [-0.1, -0.05) is 24.3 Å². The quantitative estimate of drug-likeness (QED) is 0.520. The lowest BCUT2D eigenvalue weighted by atomic mass is 10.1. The van der Waals surface area contributed by atoms with Gasteiger partial charge in [0.15, 0.2) is 5.75 Å². The summed E-state index contributed by atoms with van der Waals surface area (Å²) in [6, 6.07) is 10.9. The Morgan fingerprint density at radius 1 is 1.00 bits per heavy atom. The monoisotopic (exact) mass is 281 g/mol. The Bertz CT molecular complexity index is 624. The van der Waals surface area contributed by atoms with Gasteiger partial charge in [0.25, 0.3) is 0 Å². The van der Waals surface area contributed by atoms with Crippen LogP contribution in [0.4, 0.5) is 18.9 Å². The average Bonchev–Trinajstić information content (AvgIpc) is 2.40. The van der Waals surface area contributed by atoms with Crippen LogP contribution in [0, 0.1) is 0 Å². The molecule has 0 heterocycles. The van der Waals surface area contributed by atoms with Gasteiger partial charge in [0.1, 0.15) is 5.56 Å². The normalized spacial score (nSPS) is 11.2. The minimum Gasteiger partial charge on any atom is -0.420 e. The number of rotatable bonds is 2. The van der Waals surface area contributed by atoms with E-state index in [0.29, 0.717) is 0 Å². The molecular weight excluding hydrogens is 271 g/mol. The van der Waals surface area contributed by atoms with E-state index in [-0.39, 0.29) is 11.3 Å². The van der Waals surface area contributed by atoms with Crippen LogP contribution in [0.1, 0.15) is 15.9 Å². The summed E-state index contributed by atoms with van der Waals surface area (Å²) in [5.41, 5.74) is 4.28. The summed E-state index contributed by atoms with van der Waals surface area (Å²) in [6.45, 7) is 0. The molecule has 0 unspecified atom stereocenters. The van der Waals surface area contributed by atoms with Crippen LogP contribution < -0.4 is 10.5 Å². The first kappa shape index (κ1) is 13.9. The number of carbonyl (C=O) groups is 1. The van der Waals surface area contributed by atoms with Crippen molar-refractivity contribution < 1.29 is 22.7 Å². The van der Waals surface area contributed by atoms with Gasteiger partial charge in [0.2, 0.25) is 0 Å². The highest BCUT2D eigenvalue weighted by Crippen LogP contribution is 2.39. The summed E-state index contributed by atoms with van der Waals surface area (Å²) in [5, 5.41) is 0. The van der Waals surface area contributed by atoms with Crippen molar-refractivity contribution in [2.75, 3.05) is 5.73 Å². The van der Waals surface area contributed by atoms with Crippen molar-refractivity contribution in [2.24, 2.45) is 0 Å². The highest BCUT2D eigenvalue weighted by molar-refractivity contribution is 5.91. The number of hydrogen-bond acceptors (Lipinski definition) is 3. The molecule has 0 saturated heterocycles. The molecule has 0 aliphatic rings. The second-order valence-electron chi connectivity index (χ2n) is 3.98. The van der Waals surface area contributed by atoms with E-state index in [9.17, 15) is 18.0 Å². The SMILES string of the molecule is Nc1cccc(C(F)(F)F)c1OC(=O)c1ccccc1. The summed E-state index contributed by atoms with van der Waals surface area (Å²) in [4.78, 5) is 11.8. The minimum absolute atomic E-state index is 0.142. The van der Waals surface area contributed by atoms with E-state index < -0.39 is 23.5 Å². The van der Waals surface area contributed by atoms with Crippen molar-refractivity contribution in [2.45, 2.75) is 6.18 Å². The second-order valence-corrected chi connectivity index (χ2v) is 3.98. The van der Waals surface area contributed by atoms with Crippen LogP contribution in [-0.2, 0) is 6.18 Å². The zero-order valence-corrected chi connectivity index (χ0v) is 10.1. The standard InChI is InChI=1S/C14H10F3NO2/c15-14(16,17)10-7-4-8-11(18)12(10)20-13(19)9-5-2-1-3-6-9/h1-8H,18H2. The summed E-state index contributed by atoms with van der Waals surface area (Å²) >= 11 is 0. The van der Waals surface area contributed by atoms with Crippen molar-refractivity contribution in [1.29, 1.82) is 0 Å². The van der Waals surface area contributed by atoms with Crippen LogP contribution in [0.3, 0.4) is 0 Å². The van der Waals surface area contributed by atoms with Crippen molar-refractivity contribution in [3.63, 3.8) is 0 Å². The van der Waals surface area contributed by atoms with E-state index in [1.165, 1.54) is 18.2 Å². The van der Waals surface area contributed by atoms with Gasteiger partial charge in [-0.15, -0.1) is 0 Å². The molecule has 0 amide bonds. The van der Waals surface area contributed by atoms with Gasteiger partial charge in [-0.25, -0.2) is 4.79 Å². The maximum Gasteiger partial charge on any atom is 0.420 e. The Kier molecular flexibility index (Phi) is 3.65. The number of anilines is 1. The van der Waals surface area contributed by atoms with E-state index in [2.05, 4.69) is 0 Å². The largest absolute Gasteiger partial charge is 0.420 e. The molecule has 0 bridgehead atoms. The van der Waals surface area contributed by atoms with E-state index in [4.69, 9.17) is 10.5 Å². The van der Waals surface area contributed by atoms with E-state index in [1.807, 2.05) is 0 Å². The Morgan fingerprint density at radius 2 is 1.65 bits per heavy atom. The number of esters is 1. The van der Waals surface area contributed by atoms with Crippen molar-refractivity contribution >= 4 is 11.7 Å². The van der Waals surface area contributed by atoms with Crippen LogP contribution in [0.25, 0.3) is 0 Å². The smallest absolute Gasteiger partial charge is 0.420 e. The third kappa shape index (κ3) is 2.90. The second kappa shape index (κ2) is 5.24. The van der Waals surface area contributed by atoms with Gasteiger partial charge >= 0.3 is 12.1 Å². The minimum atomic E-state index is -4.65. The summed E-state index contributed by atoms with van der Waals surface area (Å²) in [7, 11) is 0. The third-order valence-corrected chi connectivity index (χ3v) is 2.56. The molecule has 2 rings (SSSR count). The predicted octanol–water partition coefficient (Wildman–Crippen LogP) is 3.51. The number of carbonyl (C=O) groups excluding carboxylic acids is 1. The lowest BCUT2D eigenvalue weighted by molar-refractivity contribution is -0.138. The molecule has 104 valence electrons. The molecule has 0 fully saturated rings. The van der Waals surface area contributed by atoms with Gasteiger partial charge in [-0.2, -0.15) is 13.2 Å². The maximum absolute atomic E-state index is 12.8. The highest BCUT2D eigenvalue weighted by Gasteiger charge is 2.36. The molecule has 0 aromatic heterocycles. The van der Waals surface area contributed by atoms with E-state index >= 15 is 0 Å². The zero-order valence-electron chi connectivity index (χ0n) is 10.1. The molecule has 2 N–H and O–H groups in total. The van der Waals surface area contributed by atoms with Gasteiger partial charge in [-0.05, 0) is 24.3 Å². The molecule has 2 aromatic rings. The molecule has 3 nitrogen and oxygen atoms in total. The number of ether oxygens (including phenoxy) is 1. The number of halogens is 3. The Hall–Kier alpha value is -2.50. The Balaban J connectivity index is 2.37. The predicted molar refractivity (Wildman–Crippen MR) is 67.3 cm³/mol. The molecule has 0 aliphatic heterocycles. The zero-order chi connectivity index (χ0) is 14.8. The fraction of sp³-hybridized carbons (Fsp3) is 0.0714. The third-order valence-electron chi connectivity index (χ3n) is 2.56. The summed E-state index contributed by atoms with van der Waals surface area (Å²) < 4.78 is 43.3. The summed E-state index contributed by atoms with van der Waals surface area (Å²) in [5.74, 6) is -1.57. The fourth-order valence-electron chi connectivity index (χ4n) is 1.62. The molecule has 0 aliphatic carbocycles. The number of para-hydroxylation sites is 1. The van der Waals surface area contributed by atoms with Crippen molar-refractivity contribution in [1.82, 2.24) is 0 Å². The molecule has 2 aromatic carbocycles. The highest BCUT2D eigenvalue weighted by atomic mass is 19.4. The van der Waals surface area contributed by atoms with Gasteiger partial charge in [0.05, 0.1) is 11.3 Å². The lowest BCUT2D eigenvalue weighted by Gasteiger charge is -2.14. The van der Waals surface area contributed by atoms with Crippen LogP contribution in [0.15, 0.2) is 48.5 Å². The molecule has 0 atom stereocenters. The summed E-state index contributed by atoms with van der Waals surface area (Å²) in [6.07, 6.45) is -4.65. The first-order valence-corrected chi connectivity index (χ1v) is 5.62. The molecule has 6 heteroatoms. The number of benzene rings is 2. The van der Waals surface area contributed by atoms with Crippen LogP contribution in [0.5, 0.6) is 5.75 Å². The van der Waals surface area contributed by atoms with Crippen LogP contribution in [0.2, 0.25) is 0 Å². The number of alkyl halides is 3. The van der Waals surface area contributed by atoms with Gasteiger partial charge in [0, 0.05) is 0 Å². The number of nitrogen functional groups attached to an aromatic ring is 1. The first-order valence-electron chi connectivity index (χ1n) is 5.62. The fourth-order valence-corrected chi connectivity index (χ4v) is 1.62. The topological polar surface area (TPSA) is 52.3 Å². The van der Waals surface area contributed by atoms with E-state index in [0.717, 1.165) is 12.1 Å². The van der Waals surface area contributed by atoms with Crippen LogP contribution >= 0.6 is 0 Å². The van der Waals surface area contributed by atoms with Crippen molar-refractivity contribution in [3.05, 3.63) is 59.7 Å². The first-order chi connectivity index (χ1) is 9.39.